The first-order valence-electron chi connectivity index (χ1n) is 15.7. The van der Waals surface area contributed by atoms with Crippen LogP contribution >= 0.6 is 0 Å². The Balaban J connectivity index is 1.45. The second-order valence-electron chi connectivity index (χ2n) is 15.3. The molecule has 0 saturated heterocycles. The molecule has 37 heavy (non-hydrogen) atoms. The maximum atomic E-state index is 11.8. The molecule has 0 unspecified atom stereocenters. The van der Waals surface area contributed by atoms with Crippen molar-refractivity contribution in [3.8, 4) is 0 Å². The Kier molecular flexibility index (Phi) is 8.54. The molecule has 4 rings (SSSR count). The van der Waals surface area contributed by atoms with Crippen LogP contribution in [0.4, 0.5) is 0 Å². The van der Waals surface area contributed by atoms with Crippen molar-refractivity contribution in [3.05, 3.63) is 0 Å². The van der Waals surface area contributed by atoms with Crippen LogP contribution in [-0.2, 0) is 14.3 Å². The number of hydrogen-bond donors (Lipinski definition) is 1. The highest BCUT2D eigenvalue weighted by Gasteiger charge is 2.65. The molecule has 0 radical (unpaired) electrons. The monoisotopic (exact) mass is 518 g/mol. The minimum atomic E-state index is -0.889. The lowest BCUT2D eigenvalue weighted by Gasteiger charge is -2.65. The van der Waals surface area contributed by atoms with Crippen molar-refractivity contribution in [1.82, 2.24) is 0 Å². The van der Waals surface area contributed by atoms with Crippen LogP contribution in [0.15, 0.2) is 0 Å². The molecule has 4 heteroatoms. The third-order valence-corrected chi connectivity index (χ3v) is 12.6. The highest BCUT2D eigenvalue weighted by atomic mass is 16.6. The van der Waals surface area contributed by atoms with Crippen molar-refractivity contribution in [3.63, 3.8) is 0 Å². The van der Waals surface area contributed by atoms with E-state index in [4.69, 9.17) is 9.47 Å². The number of ether oxygens (including phenoxy) is 2. The molecule has 4 aliphatic carbocycles. The number of rotatable bonds is 9. The number of carbonyl (C=O) groups excluding carboxylic acids is 1. The van der Waals surface area contributed by atoms with Gasteiger partial charge in [-0.25, -0.2) is 0 Å². The van der Waals surface area contributed by atoms with Gasteiger partial charge < -0.3 is 14.6 Å². The summed E-state index contributed by atoms with van der Waals surface area (Å²) >= 11 is 0. The minimum absolute atomic E-state index is 0.174. The standard InChI is InChI=1S/C33H58O4/c1-22(2)10-9-11-23(3)27-14-15-28-26-13-12-25-20-33(8,37-19-18-36-24(4)34)32(7,35)21-31(25,6)29(26)16-17-30(27,28)5/h22-23,25-29,35H,9-21H2,1-8H3/t23-,25+,26+,27-,28+,29+,30-,31+,32+,33-/m1/s1. The normalized spacial score (nSPS) is 46.2. The fraction of sp³-hybridized carbons (Fsp3) is 0.970. The smallest absolute Gasteiger partial charge is 0.302 e. The zero-order chi connectivity index (χ0) is 27.2. The van der Waals surface area contributed by atoms with E-state index in [2.05, 4.69) is 41.5 Å². The topological polar surface area (TPSA) is 55.8 Å². The first-order valence-corrected chi connectivity index (χ1v) is 15.7. The lowest BCUT2D eigenvalue weighted by Crippen LogP contribution is -2.65. The predicted molar refractivity (Wildman–Crippen MR) is 150 cm³/mol. The summed E-state index contributed by atoms with van der Waals surface area (Å²) in [5.41, 5.74) is -0.807. The molecule has 4 aliphatic rings. The Hall–Kier alpha value is -0.610. The lowest BCUT2D eigenvalue weighted by molar-refractivity contribution is -0.251. The minimum Gasteiger partial charge on any atom is -0.463 e. The molecule has 0 spiro atoms. The fourth-order valence-corrected chi connectivity index (χ4v) is 10.5. The maximum absolute atomic E-state index is 11.8. The van der Waals surface area contributed by atoms with Gasteiger partial charge in [-0.1, -0.05) is 53.9 Å². The van der Waals surface area contributed by atoms with Gasteiger partial charge in [0.15, 0.2) is 0 Å². The summed E-state index contributed by atoms with van der Waals surface area (Å²) in [4.78, 5) is 11.2. The Morgan fingerprint density at radius 3 is 2.30 bits per heavy atom. The molecule has 4 nitrogen and oxygen atoms in total. The molecule has 0 aliphatic heterocycles. The van der Waals surface area contributed by atoms with Gasteiger partial charge >= 0.3 is 5.97 Å². The number of hydrogen-bond acceptors (Lipinski definition) is 4. The van der Waals surface area contributed by atoms with Crippen LogP contribution in [0.25, 0.3) is 0 Å². The van der Waals surface area contributed by atoms with E-state index in [1.54, 1.807) is 0 Å². The summed E-state index contributed by atoms with van der Waals surface area (Å²) < 4.78 is 11.4. The van der Waals surface area contributed by atoms with Crippen molar-refractivity contribution in [1.29, 1.82) is 0 Å². The van der Waals surface area contributed by atoms with Gasteiger partial charge in [-0.2, -0.15) is 0 Å². The van der Waals surface area contributed by atoms with Crippen molar-refractivity contribution >= 4 is 5.97 Å². The summed E-state index contributed by atoms with van der Waals surface area (Å²) in [5.74, 6) is 5.26. The van der Waals surface area contributed by atoms with Crippen LogP contribution in [0.5, 0.6) is 0 Å². The lowest BCUT2D eigenvalue weighted by atomic mass is 9.42. The Morgan fingerprint density at radius 2 is 1.62 bits per heavy atom. The molecule has 4 fully saturated rings. The summed E-state index contributed by atoms with van der Waals surface area (Å²) in [6, 6.07) is 0. The summed E-state index contributed by atoms with van der Waals surface area (Å²) in [7, 11) is 0. The van der Waals surface area contributed by atoms with Crippen molar-refractivity contribution in [2.24, 2.45) is 52.3 Å². The van der Waals surface area contributed by atoms with Crippen molar-refractivity contribution in [2.75, 3.05) is 13.2 Å². The van der Waals surface area contributed by atoms with Crippen LogP contribution in [0.2, 0.25) is 0 Å². The fourth-order valence-electron chi connectivity index (χ4n) is 10.5. The Labute approximate surface area is 228 Å². The third-order valence-electron chi connectivity index (χ3n) is 12.6. The summed E-state index contributed by atoms with van der Waals surface area (Å²) in [6.45, 7) is 18.6. The molecular weight excluding hydrogens is 460 g/mol. The van der Waals surface area contributed by atoms with Gasteiger partial charge in [-0.3, -0.25) is 4.79 Å². The summed E-state index contributed by atoms with van der Waals surface area (Å²) in [6.07, 6.45) is 14.0. The number of aliphatic hydroxyl groups is 1. The van der Waals surface area contributed by atoms with E-state index in [0.717, 1.165) is 48.3 Å². The zero-order valence-electron chi connectivity index (χ0n) is 25.4. The van der Waals surface area contributed by atoms with Gasteiger partial charge in [0.05, 0.1) is 17.8 Å². The quantitative estimate of drug-likeness (QED) is 0.250. The largest absolute Gasteiger partial charge is 0.463 e. The molecule has 1 N–H and O–H groups in total. The van der Waals surface area contributed by atoms with E-state index in [0.29, 0.717) is 17.9 Å². The number of fused-ring (bicyclic) bond motifs is 5. The van der Waals surface area contributed by atoms with E-state index in [-0.39, 0.29) is 18.0 Å². The average Bonchev–Trinajstić information content (AvgIpc) is 3.14. The van der Waals surface area contributed by atoms with Gasteiger partial charge in [-0.05, 0) is 117 Å². The maximum Gasteiger partial charge on any atom is 0.302 e. The van der Waals surface area contributed by atoms with Crippen LogP contribution < -0.4 is 0 Å². The molecule has 0 aromatic heterocycles. The molecule has 0 amide bonds. The molecular formula is C33H58O4. The highest BCUT2D eigenvalue weighted by molar-refractivity contribution is 5.65. The molecule has 0 bridgehead atoms. The van der Waals surface area contributed by atoms with E-state index in [9.17, 15) is 9.90 Å². The Bertz CT molecular complexity index is 806. The molecule has 0 heterocycles. The van der Waals surface area contributed by atoms with Crippen molar-refractivity contribution < 1.29 is 19.4 Å². The predicted octanol–water partition coefficient (Wildman–Crippen LogP) is 7.81. The molecule has 0 aromatic rings. The first-order chi connectivity index (χ1) is 17.2. The van der Waals surface area contributed by atoms with E-state index in [1.165, 1.54) is 64.7 Å². The molecule has 4 saturated carbocycles. The molecule has 214 valence electrons. The van der Waals surface area contributed by atoms with Gasteiger partial charge in [0.1, 0.15) is 6.61 Å². The van der Waals surface area contributed by atoms with Crippen LogP contribution in [0.1, 0.15) is 126 Å². The van der Waals surface area contributed by atoms with Crippen LogP contribution in [0, 0.1) is 52.3 Å². The average molecular weight is 519 g/mol. The van der Waals surface area contributed by atoms with Gasteiger partial charge in [0.2, 0.25) is 0 Å². The molecule has 0 aromatic carbocycles. The zero-order valence-corrected chi connectivity index (χ0v) is 25.4. The van der Waals surface area contributed by atoms with Gasteiger partial charge in [0.25, 0.3) is 0 Å². The highest BCUT2D eigenvalue weighted by Crippen LogP contribution is 2.70. The third kappa shape index (κ3) is 5.41. The Morgan fingerprint density at radius 1 is 0.919 bits per heavy atom. The second kappa shape index (κ2) is 10.8. The second-order valence-corrected chi connectivity index (χ2v) is 15.3. The number of carbonyl (C=O) groups is 1. The van der Waals surface area contributed by atoms with Crippen LogP contribution in [0.3, 0.4) is 0 Å². The van der Waals surface area contributed by atoms with Gasteiger partial charge in [0, 0.05) is 6.92 Å². The summed E-state index contributed by atoms with van der Waals surface area (Å²) in [5, 5.41) is 11.8. The first kappa shape index (κ1) is 29.4. The van der Waals surface area contributed by atoms with Crippen molar-refractivity contribution in [2.45, 2.75) is 137 Å². The SMILES string of the molecule is CC(=O)OCCO[C@]1(C)C[C@@H]2CC[C@@H]3[C@H](CC[C@]4(C)[C@@H]([C@H](C)CCCC(C)C)CC[C@@H]34)[C@@]2(C)C[C@]1(C)O. The number of esters is 1. The van der Waals surface area contributed by atoms with Crippen LogP contribution in [-0.4, -0.2) is 35.5 Å². The van der Waals surface area contributed by atoms with E-state index >= 15 is 0 Å². The van der Waals surface area contributed by atoms with E-state index in [1.807, 2.05) is 6.92 Å². The molecule has 10 atom stereocenters. The van der Waals surface area contributed by atoms with Gasteiger partial charge in [-0.15, -0.1) is 0 Å². The van der Waals surface area contributed by atoms with E-state index < -0.39 is 11.2 Å².